The molecule has 0 aliphatic carbocycles. The maximum Gasteiger partial charge on any atom is 0.275 e. The molecule has 0 spiro atoms. The van der Waals surface area contributed by atoms with Gasteiger partial charge in [-0.25, -0.2) is 5.84 Å². The Bertz CT molecular complexity index is 367. The predicted octanol–water partition coefficient (Wildman–Crippen LogP) is 1.53. The van der Waals surface area contributed by atoms with Crippen molar-refractivity contribution in [2.45, 2.75) is 19.5 Å². The van der Waals surface area contributed by atoms with E-state index in [0.717, 1.165) is 12.3 Å². The molecule has 0 radical (unpaired) electrons. The van der Waals surface area contributed by atoms with Gasteiger partial charge in [0.2, 0.25) is 0 Å². The van der Waals surface area contributed by atoms with Crippen molar-refractivity contribution in [1.29, 1.82) is 0 Å². The van der Waals surface area contributed by atoms with Crippen molar-refractivity contribution in [2.24, 2.45) is 5.84 Å². The van der Waals surface area contributed by atoms with E-state index in [1.54, 1.807) is 0 Å². The molecule has 0 aromatic carbocycles. The monoisotopic (exact) mass is 273 g/mol. The Balaban J connectivity index is 2.57. The van der Waals surface area contributed by atoms with Gasteiger partial charge >= 0.3 is 0 Å². The summed E-state index contributed by atoms with van der Waals surface area (Å²) < 4.78 is 0. The number of nitrogens with one attached hydrogen (secondary N) is 1. The van der Waals surface area contributed by atoms with Gasteiger partial charge in [0.05, 0.1) is 4.88 Å². The molecule has 3 N–H and O–H groups in total. The number of nitrogen functional groups attached to an aromatic ring is 1. The van der Waals surface area contributed by atoms with Gasteiger partial charge in [-0.1, -0.05) is 0 Å². The molecule has 0 aliphatic heterocycles. The highest BCUT2D eigenvalue weighted by atomic mass is 32.2. The van der Waals surface area contributed by atoms with Gasteiger partial charge in [-0.05, 0) is 32.4 Å². The van der Waals surface area contributed by atoms with Gasteiger partial charge in [-0.3, -0.25) is 15.1 Å². The lowest BCUT2D eigenvalue weighted by atomic mass is 10.3. The first kappa shape index (κ1) is 14.5. The molecule has 96 valence electrons. The number of carbonyl (C=O) groups excluding carboxylic acids is 1. The van der Waals surface area contributed by atoms with Crippen molar-refractivity contribution < 1.29 is 4.79 Å². The molecule has 1 atom stereocenters. The second kappa shape index (κ2) is 7.00. The molecule has 1 aromatic rings. The van der Waals surface area contributed by atoms with Crippen LogP contribution in [0.5, 0.6) is 0 Å². The van der Waals surface area contributed by atoms with E-state index < -0.39 is 0 Å². The van der Waals surface area contributed by atoms with Crippen molar-refractivity contribution in [3.8, 4) is 0 Å². The van der Waals surface area contributed by atoms with E-state index in [0.29, 0.717) is 10.9 Å². The first-order chi connectivity index (χ1) is 8.08. The van der Waals surface area contributed by atoms with Crippen LogP contribution >= 0.6 is 23.1 Å². The number of nitrogens with two attached hydrogens (primary N) is 1. The van der Waals surface area contributed by atoms with E-state index >= 15 is 0 Å². The Morgan fingerprint density at radius 1 is 1.65 bits per heavy atom. The first-order valence-corrected chi connectivity index (χ1v) is 7.58. The Morgan fingerprint density at radius 2 is 2.35 bits per heavy atom. The lowest BCUT2D eigenvalue weighted by molar-refractivity contribution is 0.0957. The Morgan fingerprint density at radius 3 is 2.94 bits per heavy atom. The highest BCUT2D eigenvalue weighted by Gasteiger charge is 2.12. The highest BCUT2D eigenvalue weighted by molar-refractivity contribution is 7.98. The van der Waals surface area contributed by atoms with Crippen LogP contribution < -0.4 is 11.3 Å². The predicted molar refractivity (Wildman–Crippen MR) is 75.3 cm³/mol. The van der Waals surface area contributed by atoms with E-state index in [1.807, 2.05) is 23.9 Å². The molecule has 1 aromatic heterocycles. The van der Waals surface area contributed by atoms with Gasteiger partial charge in [-0.2, -0.15) is 11.8 Å². The third kappa shape index (κ3) is 4.31. The zero-order chi connectivity index (χ0) is 12.8. The molecule has 6 heteroatoms. The molecule has 4 nitrogen and oxygen atoms in total. The van der Waals surface area contributed by atoms with Crippen LogP contribution in [0.4, 0.5) is 0 Å². The summed E-state index contributed by atoms with van der Waals surface area (Å²) in [7, 11) is 2.10. The molecule has 0 saturated heterocycles. The van der Waals surface area contributed by atoms with Crippen LogP contribution in [-0.4, -0.2) is 35.9 Å². The van der Waals surface area contributed by atoms with Crippen LogP contribution in [-0.2, 0) is 6.54 Å². The number of nitrogens with zero attached hydrogens (tertiary/aromatic N) is 1. The summed E-state index contributed by atoms with van der Waals surface area (Å²) in [5.41, 5.74) is 2.15. The van der Waals surface area contributed by atoms with Crippen LogP contribution in [0.3, 0.4) is 0 Å². The number of hydrogen-bond acceptors (Lipinski definition) is 5. The van der Waals surface area contributed by atoms with Crippen molar-refractivity contribution >= 4 is 29.0 Å². The van der Waals surface area contributed by atoms with Crippen molar-refractivity contribution in [1.82, 2.24) is 10.3 Å². The number of hydrogen-bond donors (Lipinski definition) is 2. The van der Waals surface area contributed by atoms with Gasteiger partial charge < -0.3 is 0 Å². The van der Waals surface area contributed by atoms with Gasteiger partial charge in [0.15, 0.2) is 0 Å². The van der Waals surface area contributed by atoms with Crippen LogP contribution in [0, 0.1) is 0 Å². The minimum Gasteiger partial charge on any atom is -0.298 e. The van der Waals surface area contributed by atoms with Crippen LogP contribution in [0.1, 0.15) is 21.5 Å². The lowest BCUT2D eigenvalue weighted by Gasteiger charge is -2.23. The second-order valence-corrected chi connectivity index (χ2v) is 6.04. The van der Waals surface area contributed by atoms with Crippen molar-refractivity contribution in [3.63, 3.8) is 0 Å². The molecule has 0 bridgehead atoms. The van der Waals surface area contributed by atoms with E-state index in [-0.39, 0.29) is 5.91 Å². The zero-order valence-corrected chi connectivity index (χ0v) is 12.0. The topological polar surface area (TPSA) is 58.4 Å². The smallest absolute Gasteiger partial charge is 0.275 e. The summed E-state index contributed by atoms with van der Waals surface area (Å²) in [6.45, 7) is 3.07. The fourth-order valence-electron chi connectivity index (χ4n) is 1.43. The number of hydrazine groups is 1. The summed E-state index contributed by atoms with van der Waals surface area (Å²) in [6.07, 6.45) is 2.11. The highest BCUT2D eigenvalue weighted by Crippen LogP contribution is 2.19. The maximum atomic E-state index is 11.3. The summed E-state index contributed by atoms with van der Waals surface area (Å²) in [5.74, 6) is 5.98. The Kier molecular flexibility index (Phi) is 5.97. The molecular formula is C11H19N3OS2. The van der Waals surface area contributed by atoms with E-state index in [1.165, 1.54) is 16.2 Å². The molecule has 0 aliphatic rings. The largest absolute Gasteiger partial charge is 0.298 e. The maximum absolute atomic E-state index is 11.3. The summed E-state index contributed by atoms with van der Waals surface area (Å²) in [5, 5.41) is 0. The standard InChI is InChI=1S/C11H19N3OS2/c1-8(7-16-3)14(2)6-9-4-5-10(17-9)11(15)13-12/h4-5,8H,6-7,12H2,1-3H3,(H,13,15). The average molecular weight is 273 g/mol. The van der Waals surface area contributed by atoms with Gasteiger partial charge in [-0.15, -0.1) is 11.3 Å². The van der Waals surface area contributed by atoms with Crippen molar-refractivity contribution in [2.75, 3.05) is 19.1 Å². The number of amides is 1. The summed E-state index contributed by atoms with van der Waals surface area (Å²) in [4.78, 5) is 15.4. The normalized spacial score (nSPS) is 12.8. The van der Waals surface area contributed by atoms with Crippen LogP contribution in [0.25, 0.3) is 0 Å². The number of thioether (sulfide) groups is 1. The Hall–Kier alpha value is -0.560. The minimum absolute atomic E-state index is 0.221. The van der Waals surface area contributed by atoms with Crippen LogP contribution in [0.15, 0.2) is 12.1 Å². The van der Waals surface area contributed by atoms with Crippen LogP contribution in [0.2, 0.25) is 0 Å². The van der Waals surface area contributed by atoms with E-state index in [2.05, 4.69) is 30.6 Å². The number of thiophene rings is 1. The first-order valence-electron chi connectivity index (χ1n) is 5.37. The van der Waals surface area contributed by atoms with Crippen molar-refractivity contribution in [3.05, 3.63) is 21.9 Å². The third-order valence-corrected chi connectivity index (χ3v) is 4.47. The lowest BCUT2D eigenvalue weighted by Crippen LogP contribution is -2.30. The minimum atomic E-state index is -0.221. The van der Waals surface area contributed by atoms with Gasteiger partial charge in [0, 0.05) is 23.2 Å². The summed E-state index contributed by atoms with van der Waals surface area (Å²) >= 11 is 3.33. The quantitative estimate of drug-likeness (QED) is 0.469. The molecule has 1 rings (SSSR count). The second-order valence-electron chi connectivity index (χ2n) is 3.96. The SMILES string of the molecule is CSCC(C)N(C)Cc1ccc(C(=O)NN)s1. The average Bonchev–Trinajstić information content (AvgIpc) is 2.76. The number of rotatable bonds is 6. The van der Waals surface area contributed by atoms with Gasteiger partial charge in [0.1, 0.15) is 0 Å². The fourth-order valence-corrected chi connectivity index (χ4v) is 3.14. The molecule has 1 unspecified atom stereocenters. The molecule has 1 heterocycles. The molecular weight excluding hydrogens is 254 g/mol. The van der Waals surface area contributed by atoms with E-state index in [9.17, 15) is 4.79 Å². The fraction of sp³-hybridized carbons (Fsp3) is 0.545. The van der Waals surface area contributed by atoms with Gasteiger partial charge in [0.25, 0.3) is 5.91 Å². The molecule has 1 amide bonds. The molecule has 0 saturated carbocycles. The number of carbonyl (C=O) groups is 1. The zero-order valence-electron chi connectivity index (χ0n) is 10.4. The Labute approximate surface area is 111 Å². The molecule has 17 heavy (non-hydrogen) atoms. The molecule has 0 fully saturated rings. The third-order valence-electron chi connectivity index (χ3n) is 2.58. The summed E-state index contributed by atoms with van der Waals surface area (Å²) in [6, 6.07) is 4.33. The van der Waals surface area contributed by atoms with E-state index in [4.69, 9.17) is 5.84 Å².